The van der Waals surface area contributed by atoms with Gasteiger partial charge in [0.15, 0.2) is 0 Å². The van der Waals surface area contributed by atoms with Crippen LogP contribution >= 0.6 is 67.8 Å². The molecule has 0 aliphatic heterocycles. The molecule has 0 spiro atoms. The van der Waals surface area contributed by atoms with E-state index in [1.54, 1.807) is 0 Å². The number of methoxy groups -OCH3 is 1. The summed E-state index contributed by atoms with van der Waals surface area (Å²) in [4.78, 5) is 11.3. The van der Waals surface area contributed by atoms with Crippen molar-refractivity contribution >= 4 is 73.7 Å². The van der Waals surface area contributed by atoms with E-state index in [1.807, 2.05) is 12.1 Å². The summed E-state index contributed by atoms with van der Waals surface area (Å²) in [6.07, 6.45) is 0. The number of hydrogen-bond donors (Lipinski definition) is 0. The van der Waals surface area contributed by atoms with E-state index in [2.05, 4.69) is 72.5 Å². The molecule has 2 nitrogen and oxygen atoms in total. The predicted octanol–water partition coefficient (Wildman–Crippen LogP) is 3.29. The van der Waals surface area contributed by atoms with Crippen molar-refractivity contribution in [2.75, 3.05) is 7.11 Å². The smallest absolute Gasteiger partial charge is 0.339 e. The fourth-order valence-electron chi connectivity index (χ4n) is 0.814. The van der Waals surface area contributed by atoms with Gasteiger partial charge in [0.2, 0.25) is 0 Å². The number of ether oxygens (including phenoxy) is 1. The lowest BCUT2D eigenvalue weighted by molar-refractivity contribution is 0.0599. The van der Waals surface area contributed by atoms with E-state index in [-0.39, 0.29) is 5.97 Å². The van der Waals surface area contributed by atoms with Gasteiger partial charge in [-0.05, 0) is 79.9 Å². The largest absolute Gasteiger partial charge is 0.465 e. The maximum atomic E-state index is 11.3. The van der Waals surface area contributed by atoms with Crippen LogP contribution in [0.3, 0.4) is 0 Å². The normalized spacial score (nSPS) is 9.85. The number of rotatable bonds is 1. The zero-order chi connectivity index (χ0) is 10.0. The van der Waals surface area contributed by atoms with Gasteiger partial charge in [-0.25, -0.2) is 4.79 Å². The summed E-state index contributed by atoms with van der Waals surface area (Å²) >= 11 is 6.54. The minimum Gasteiger partial charge on any atom is -0.465 e. The van der Waals surface area contributed by atoms with E-state index in [0.717, 1.165) is 10.7 Å². The highest BCUT2D eigenvalue weighted by molar-refractivity contribution is 14.1. The Kier molecular flexibility index (Phi) is 4.69. The zero-order valence-electron chi connectivity index (χ0n) is 6.61. The molecule has 13 heavy (non-hydrogen) atoms. The number of carbonyl (C=O) groups is 1. The summed E-state index contributed by atoms with van der Waals surface area (Å²) in [6, 6.07) is 3.85. The Morgan fingerprint density at radius 1 is 1.31 bits per heavy atom. The van der Waals surface area contributed by atoms with Crippen LogP contribution in [-0.4, -0.2) is 13.1 Å². The Balaban J connectivity index is 3.28. The maximum Gasteiger partial charge on any atom is 0.339 e. The van der Waals surface area contributed by atoms with Crippen molar-refractivity contribution in [3.63, 3.8) is 0 Å². The average Bonchev–Trinajstić information content (AvgIpc) is 2.10. The lowest BCUT2D eigenvalue weighted by Crippen LogP contribution is -2.05. The quantitative estimate of drug-likeness (QED) is 0.327. The van der Waals surface area contributed by atoms with Crippen molar-refractivity contribution < 1.29 is 9.53 Å². The molecule has 0 atom stereocenters. The van der Waals surface area contributed by atoms with Crippen molar-refractivity contribution in [3.8, 4) is 0 Å². The lowest BCUT2D eigenvalue weighted by Gasteiger charge is -2.04. The van der Waals surface area contributed by atoms with Crippen molar-refractivity contribution in [2.24, 2.45) is 0 Å². The van der Waals surface area contributed by atoms with Gasteiger partial charge < -0.3 is 4.74 Å². The van der Waals surface area contributed by atoms with Crippen LogP contribution in [0.4, 0.5) is 0 Å². The van der Waals surface area contributed by atoms with E-state index in [4.69, 9.17) is 0 Å². The molecule has 5 heteroatoms. The molecule has 0 saturated carbocycles. The van der Waals surface area contributed by atoms with E-state index >= 15 is 0 Å². The molecule has 0 aliphatic carbocycles. The van der Waals surface area contributed by atoms with E-state index in [1.165, 1.54) is 7.11 Å². The first kappa shape index (κ1) is 12.0. The third-order valence-corrected chi connectivity index (χ3v) is 5.07. The number of halogens is 3. The highest BCUT2D eigenvalue weighted by Gasteiger charge is 2.13. The fraction of sp³-hybridized carbons (Fsp3) is 0.125. The molecule has 0 fully saturated rings. The Morgan fingerprint density at radius 2 is 1.92 bits per heavy atom. The van der Waals surface area contributed by atoms with Gasteiger partial charge >= 0.3 is 5.97 Å². The summed E-state index contributed by atoms with van der Waals surface area (Å²) in [5.41, 5.74) is 0.638. The summed E-state index contributed by atoms with van der Waals surface area (Å²) < 4.78 is 7.74. The second kappa shape index (κ2) is 5.10. The standard InChI is InChI=1S/C8H5I3O2/c1-13-8(12)5-2-4(9)3-6(10)7(5)11/h2-3H,1H3. The topological polar surface area (TPSA) is 26.3 Å². The van der Waals surface area contributed by atoms with Gasteiger partial charge in [-0.15, -0.1) is 0 Å². The van der Waals surface area contributed by atoms with Crippen LogP contribution in [0.15, 0.2) is 12.1 Å². The van der Waals surface area contributed by atoms with E-state index in [9.17, 15) is 4.79 Å². The predicted molar refractivity (Wildman–Crippen MR) is 75.9 cm³/mol. The molecule has 1 aromatic rings. The maximum absolute atomic E-state index is 11.3. The van der Waals surface area contributed by atoms with Crippen molar-refractivity contribution in [3.05, 3.63) is 28.4 Å². The number of hydrogen-bond acceptors (Lipinski definition) is 2. The molecule has 0 amide bonds. The second-order valence-electron chi connectivity index (χ2n) is 2.24. The summed E-state index contributed by atoms with van der Waals surface area (Å²) in [5, 5.41) is 0. The van der Waals surface area contributed by atoms with Crippen LogP contribution in [0, 0.1) is 10.7 Å². The SMILES string of the molecule is COC(=O)c1cc(I)cc(I)c1I. The molecule has 0 aromatic heterocycles. The zero-order valence-corrected chi connectivity index (χ0v) is 13.1. The highest BCUT2D eigenvalue weighted by atomic mass is 127. The second-order valence-corrected chi connectivity index (χ2v) is 5.73. The molecule has 0 bridgehead atoms. The molecule has 1 rings (SSSR count). The minimum atomic E-state index is -0.277. The first-order valence-corrected chi connectivity index (χ1v) is 6.52. The van der Waals surface area contributed by atoms with Gasteiger partial charge in [-0.2, -0.15) is 0 Å². The minimum absolute atomic E-state index is 0.277. The van der Waals surface area contributed by atoms with Crippen LogP contribution < -0.4 is 0 Å². The summed E-state index contributed by atoms with van der Waals surface area (Å²) in [5.74, 6) is -0.277. The average molecular weight is 514 g/mol. The van der Waals surface area contributed by atoms with Crippen LogP contribution in [0.2, 0.25) is 0 Å². The first-order valence-electron chi connectivity index (χ1n) is 3.29. The van der Waals surface area contributed by atoms with Gasteiger partial charge in [0.25, 0.3) is 0 Å². The van der Waals surface area contributed by atoms with Crippen LogP contribution in [0.25, 0.3) is 0 Å². The molecule has 0 saturated heterocycles. The van der Waals surface area contributed by atoms with Gasteiger partial charge in [0.1, 0.15) is 0 Å². The van der Waals surface area contributed by atoms with Crippen LogP contribution in [-0.2, 0) is 4.74 Å². The number of esters is 1. The van der Waals surface area contributed by atoms with Crippen LogP contribution in [0.1, 0.15) is 10.4 Å². The molecule has 1 aromatic carbocycles. The Labute approximate surface area is 117 Å². The van der Waals surface area contributed by atoms with Crippen molar-refractivity contribution in [1.29, 1.82) is 0 Å². The van der Waals surface area contributed by atoms with E-state index < -0.39 is 0 Å². The van der Waals surface area contributed by atoms with Crippen molar-refractivity contribution in [2.45, 2.75) is 0 Å². The monoisotopic (exact) mass is 514 g/mol. The van der Waals surface area contributed by atoms with Gasteiger partial charge in [0.05, 0.1) is 12.7 Å². The third kappa shape index (κ3) is 2.91. The molecule has 0 aliphatic rings. The Morgan fingerprint density at radius 3 is 2.46 bits per heavy atom. The van der Waals surface area contributed by atoms with Gasteiger partial charge in [-0.3, -0.25) is 0 Å². The van der Waals surface area contributed by atoms with Crippen LogP contribution in [0.5, 0.6) is 0 Å². The van der Waals surface area contributed by atoms with Gasteiger partial charge in [0, 0.05) is 10.7 Å². The fourth-order valence-corrected chi connectivity index (χ4v) is 3.19. The van der Waals surface area contributed by atoms with E-state index in [0.29, 0.717) is 5.56 Å². The number of carbonyl (C=O) groups excluding carboxylic acids is 1. The summed E-state index contributed by atoms with van der Waals surface area (Å²) in [7, 11) is 1.39. The molecule has 0 radical (unpaired) electrons. The van der Waals surface area contributed by atoms with Crippen molar-refractivity contribution in [1.82, 2.24) is 0 Å². The third-order valence-electron chi connectivity index (χ3n) is 1.40. The highest BCUT2D eigenvalue weighted by Crippen LogP contribution is 2.23. The molecule has 70 valence electrons. The summed E-state index contributed by atoms with van der Waals surface area (Å²) in [6.45, 7) is 0. The Bertz CT molecular complexity index is 349. The molecule has 0 heterocycles. The van der Waals surface area contributed by atoms with Gasteiger partial charge in [-0.1, -0.05) is 0 Å². The molecular formula is C8H5I3O2. The first-order chi connectivity index (χ1) is 6.06. The molecular weight excluding hydrogens is 509 g/mol. The Hall–Kier alpha value is 0.880. The lowest BCUT2D eigenvalue weighted by atomic mass is 10.2. The molecule has 0 unspecified atom stereocenters. The molecule has 0 N–H and O–H groups in total. The number of benzene rings is 1.